The Kier molecular flexibility index (Phi) is 7.34. The van der Waals surface area contributed by atoms with Crippen LogP contribution in [0.15, 0.2) is 59.8 Å². The first kappa shape index (κ1) is 21.7. The van der Waals surface area contributed by atoms with E-state index in [9.17, 15) is 13.6 Å². The van der Waals surface area contributed by atoms with Gasteiger partial charge in [-0.3, -0.25) is 14.0 Å². The highest BCUT2D eigenvalue weighted by molar-refractivity contribution is 7.77. The van der Waals surface area contributed by atoms with Crippen molar-refractivity contribution in [3.8, 4) is 28.4 Å². The molecule has 1 atom stereocenters. The second-order valence-corrected chi connectivity index (χ2v) is 7.19. The van der Waals surface area contributed by atoms with Crippen LogP contribution in [0.2, 0.25) is 0 Å². The van der Waals surface area contributed by atoms with Gasteiger partial charge >= 0.3 is 0 Å². The highest BCUT2D eigenvalue weighted by atomic mass is 32.2. The quantitative estimate of drug-likeness (QED) is 0.525. The van der Waals surface area contributed by atoms with Gasteiger partial charge in [-0.15, -0.1) is 0 Å². The Balaban J connectivity index is 2.07. The Morgan fingerprint density at radius 3 is 2.73 bits per heavy atom. The number of hydrogen-bond acceptors (Lipinski definition) is 6. The molecule has 0 aliphatic heterocycles. The Morgan fingerprint density at radius 1 is 1.20 bits per heavy atom. The molecule has 3 rings (SSSR count). The number of nitrogens with one attached hydrogen (secondary N) is 1. The summed E-state index contributed by atoms with van der Waals surface area (Å²) < 4.78 is 37.1. The standard InChI is InChI=1S/C21H23N3O5S/c1-3-28-20-12-21(25)24(2)14-18(20)17-11-15(8-10-23-30(26)27)6-7-19(17)29-16-5-4-9-22-13-16/h4-7,9,11-14,23H,3,8,10H2,1-2H3,(H,26,27)/p-1. The number of pyridine rings is 2. The van der Waals surface area contributed by atoms with Gasteiger partial charge in [-0.05, 0) is 43.2 Å². The maximum Gasteiger partial charge on any atom is 0.254 e. The molecule has 0 radical (unpaired) electrons. The van der Waals surface area contributed by atoms with Crippen molar-refractivity contribution in [2.45, 2.75) is 13.3 Å². The lowest BCUT2D eigenvalue weighted by Crippen LogP contribution is -2.19. The molecule has 0 aliphatic rings. The molecule has 1 aromatic carbocycles. The van der Waals surface area contributed by atoms with Crippen molar-refractivity contribution in [3.05, 3.63) is 70.9 Å². The van der Waals surface area contributed by atoms with Crippen LogP contribution in [0, 0.1) is 0 Å². The summed E-state index contributed by atoms with van der Waals surface area (Å²) in [5, 5.41) is 0. The Bertz CT molecular complexity index is 1090. The average Bonchev–Trinajstić information content (AvgIpc) is 2.72. The first-order valence-corrected chi connectivity index (χ1v) is 10.4. The minimum absolute atomic E-state index is 0.185. The van der Waals surface area contributed by atoms with E-state index < -0.39 is 11.3 Å². The van der Waals surface area contributed by atoms with Gasteiger partial charge in [0.25, 0.3) is 5.56 Å². The van der Waals surface area contributed by atoms with Crippen LogP contribution in [0.5, 0.6) is 17.2 Å². The van der Waals surface area contributed by atoms with Crippen LogP contribution in [0.25, 0.3) is 11.1 Å². The SMILES string of the molecule is CCOc1cc(=O)n(C)cc1-c1cc(CCNS(=O)[O-])ccc1Oc1cccnc1. The van der Waals surface area contributed by atoms with Crippen LogP contribution in [-0.2, 0) is 24.7 Å². The molecule has 0 spiro atoms. The predicted octanol–water partition coefficient (Wildman–Crippen LogP) is 2.56. The third-order valence-corrected chi connectivity index (χ3v) is 4.76. The fraction of sp³-hybridized carbons (Fsp3) is 0.238. The van der Waals surface area contributed by atoms with Crippen molar-refractivity contribution in [1.82, 2.24) is 14.3 Å². The molecule has 2 heterocycles. The molecule has 0 fully saturated rings. The molecule has 0 saturated heterocycles. The first-order chi connectivity index (χ1) is 14.5. The third kappa shape index (κ3) is 5.53. The minimum Gasteiger partial charge on any atom is -0.760 e. The van der Waals surface area contributed by atoms with Crippen molar-refractivity contribution in [2.24, 2.45) is 7.05 Å². The van der Waals surface area contributed by atoms with Gasteiger partial charge in [0.1, 0.15) is 17.2 Å². The number of aryl methyl sites for hydroxylation is 1. The van der Waals surface area contributed by atoms with E-state index in [1.54, 1.807) is 37.8 Å². The van der Waals surface area contributed by atoms with Gasteiger partial charge in [0.2, 0.25) is 0 Å². The zero-order valence-electron chi connectivity index (χ0n) is 16.7. The lowest BCUT2D eigenvalue weighted by Gasteiger charge is -2.17. The van der Waals surface area contributed by atoms with E-state index in [2.05, 4.69) is 9.71 Å². The number of hydrogen-bond donors (Lipinski definition) is 1. The maximum absolute atomic E-state index is 12.1. The predicted molar refractivity (Wildman–Crippen MR) is 113 cm³/mol. The summed E-state index contributed by atoms with van der Waals surface area (Å²) in [6.45, 7) is 2.52. The van der Waals surface area contributed by atoms with E-state index in [1.165, 1.54) is 10.6 Å². The highest BCUT2D eigenvalue weighted by Crippen LogP contribution is 2.38. The second kappa shape index (κ2) is 10.1. The van der Waals surface area contributed by atoms with Crippen molar-refractivity contribution in [1.29, 1.82) is 0 Å². The van der Waals surface area contributed by atoms with Gasteiger partial charge < -0.3 is 18.6 Å². The molecular weight excluding hydrogens is 406 g/mol. The zero-order chi connectivity index (χ0) is 21.5. The summed E-state index contributed by atoms with van der Waals surface area (Å²) in [5.74, 6) is 1.58. The monoisotopic (exact) mass is 428 g/mol. The van der Waals surface area contributed by atoms with Crippen LogP contribution >= 0.6 is 0 Å². The smallest absolute Gasteiger partial charge is 0.254 e. The van der Waals surface area contributed by atoms with Gasteiger partial charge in [-0.2, -0.15) is 0 Å². The van der Waals surface area contributed by atoms with Crippen molar-refractivity contribution < 1.29 is 18.2 Å². The molecule has 158 valence electrons. The summed E-state index contributed by atoms with van der Waals surface area (Å²) in [4.78, 5) is 16.2. The zero-order valence-corrected chi connectivity index (χ0v) is 17.5. The fourth-order valence-electron chi connectivity index (χ4n) is 2.94. The van der Waals surface area contributed by atoms with Gasteiger partial charge in [0.15, 0.2) is 0 Å². The van der Waals surface area contributed by atoms with E-state index in [0.29, 0.717) is 35.8 Å². The minimum atomic E-state index is -2.31. The summed E-state index contributed by atoms with van der Waals surface area (Å²) in [7, 11) is 1.67. The molecule has 0 saturated carbocycles. The number of rotatable bonds is 9. The Hall–Kier alpha value is -3.01. The summed E-state index contributed by atoms with van der Waals surface area (Å²) in [6.07, 6.45) is 5.46. The van der Waals surface area contributed by atoms with Crippen LogP contribution in [0.3, 0.4) is 0 Å². The number of benzene rings is 1. The van der Waals surface area contributed by atoms with Crippen LogP contribution in [0.4, 0.5) is 0 Å². The van der Waals surface area contributed by atoms with Crippen LogP contribution in [-0.4, -0.2) is 31.5 Å². The average molecular weight is 428 g/mol. The normalized spacial score (nSPS) is 11.8. The highest BCUT2D eigenvalue weighted by Gasteiger charge is 2.16. The second-order valence-electron chi connectivity index (χ2n) is 6.43. The molecule has 0 aliphatic carbocycles. The van der Waals surface area contributed by atoms with Crippen LogP contribution < -0.4 is 19.8 Å². The number of ether oxygens (including phenoxy) is 2. The Morgan fingerprint density at radius 2 is 2.03 bits per heavy atom. The molecule has 0 bridgehead atoms. The van der Waals surface area contributed by atoms with Gasteiger partial charge in [0.05, 0.1) is 12.8 Å². The molecular formula is C21H22N3O5S-. The van der Waals surface area contributed by atoms with Gasteiger partial charge in [-0.1, -0.05) is 6.07 Å². The molecule has 1 N–H and O–H groups in total. The van der Waals surface area contributed by atoms with E-state index in [-0.39, 0.29) is 12.1 Å². The van der Waals surface area contributed by atoms with Crippen molar-refractivity contribution in [3.63, 3.8) is 0 Å². The maximum atomic E-state index is 12.1. The molecule has 2 aromatic heterocycles. The van der Waals surface area contributed by atoms with Crippen molar-refractivity contribution >= 4 is 11.3 Å². The lowest BCUT2D eigenvalue weighted by molar-refractivity contribution is 0.340. The molecule has 1 unspecified atom stereocenters. The summed E-state index contributed by atoms with van der Waals surface area (Å²) in [6, 6.07) is 10.6. The largest absolute Gasteiger partial charge is 0.760 e. The van der Waals surface area contributed by atoms with E-state index in [0.717, 1.165) is 11.1 Å². The third-order valence-electron chi connectivity index (χ3n) is 4.32. The molecule has 30 heavy (non-hydrogen) atoms. The topological polar surface area (TPSA) is 106 Å². The van der Waals surface area contributed by atoms with Crippen LogP contribution in [0.1, 0.15) is 12.5 Å². The lowest BCUT2D eigenvalue weighted by atomic mass is 10.0. The van der Waals surface area contributed by atoms with Crippen molar-refractivity contribution in [2.75, 3.05) is 13.2 Å². The molecule has 0 amide bonds. The summed E-state index contributed by atoms with van der Waals surface area (Å²) >= 11 is -2.31. The molecule has 8 nitrogen and oxygen atoms in total. The van der Waals surface area contributed by atoms with E-state index in [1.807, 2.05) is 25.1 Å². The summed E-state index contributed by atoms with van der Waals surface area (Å²) in [5.41, 5.74) is 2.13. The molecule has 9 heteroatoms. The molecule has 3 aromatic rings. The fourth-order valence-corrected chi connectivity index (χ4v) is 3.20. The van der Waals surface area contributed by atoms with E-state index in [4.69, 9.17) is 9.47 Å². The number of nitrogens with zero attached hydrogens (tertiary/aromatic N) is 2. The Labute approximate surface area is 176 Å². The van der Waals surface area contributed by atoms with Gasteiger partial charge in [-0.25, -0.2) is 4.72 Å². The first-order valence-electron chi connectivity index (χ1n) is 9.35. The number of aromatic nitrogens is 2. The van der Waals surface area contributed by atoms with Gasteiger partial charge in [0, 0.05) is 54.4 Å². The van der Waals surface area contributed by atoms with E-state index >= 15 is 0 Å².